The SMILES string of the molecule is C[Si](C)(C)c1ccc[c-]c1-c1cc2oc3ccccc3c2cn1.[2H]C([2H])([2H])c1ccc(-c2[c-]cccc2)nc1.[Ir]. The third kappa shape index (κ3) is 5.96. The summed E-state index contributed by atoms with van der Waals surface area (Å²) in [5.41, 5.74) is 5.68. The van der Waals surface area contributed by atoms with Gasteiger partial charge in [0.05, 0.1) is 0 Å². The molecule has 37 heavy (non-hydrogen) atoms. The Labute approximate surface area is 237 Å². The normalized spacial score (nSPS) is 12.6. The predicted octanol–water partition coefficient (Wildman–Crippen LogP) is 7.85. The molecule has 0 aliphatic rings. The van der Waals surface area contributed by atoms with Gasteiger partial charge >= 0.3 is 0 Å². The fraction of sp³-hybridized carbons (Fsp3) is 0.125. The molecule has 3 heterocycles. The maximum atomic E-state index is 7.23. The second-order valence-corrected chi connectivity index (χ2v) is 14.6. The van der Waals surface area contributed by atoms with Crippen LogP contribution < -0.4 is 5.19 Å². The summed E-state index contributed by atoms with van der Waals surface area (Å²) < 4.78 is 27.7. The van der Waals surface area contributed by atoms with Crippen molar-refractivity contribution in [1.82, 2.24) is 9.97 Å². The molecule has 0 aliphatic heterocycles. The van der Waals surface area contributed by atoms with Gasteiger partial charge < -0.3 is 14.4 Å². The quantitative estimate of drug-likeness (QED) is 0.141. The summed E-state index contributed by atoms with van der Waals surface area (Å²) >= 11 is 0. The number of para-hydroxylation sites is 1. The predicted molar refractivity (Wildman–Crippen MR) is 152 cm³/mol. The fourth-order valence-electron chi connectivity index (χ4n) is 4.14. The summed E-state index contributed by atoms with van der Waals surface area (Å²) in [5.74, 6) is 0. The number of nitrogens with zero attached hydrogens (tertiary/aromatic N) is 2. The van der Waals surface area contributed by atoms with Crippen molar-refractivity contribution in [2.75, 3.05) is 0 Å². The third-order valence-electron chi connectivity index (χ3n) is 5.93. The van der Waals surface area contributed by atoms with E-state index in [0.717, 1.165) is 44.5 Å². The second-order valence-electron chi connectivity index (χ2n) is 9.58. The fourth-order valence-corrected chi connectivity index (χ4v) is 5.68. The van der Waals surface area contributed by atoms with E-state index in [0.29, 0.717) is 0 Å². The first kappa shape index (κ1) is 22.8. The van der Waals surface area contributed by atoms with Crippen LogP contribution in [0.4, 0.5) is 0 Å². The van der Waals surface area contributed by atoms with Crippen LogP contribution in [0.3, 0.4) is 0 Å². The van der Waals surface area contributed by atoms with E-state index in [2.05, 4.69) is 55.0 Å². The number of aryl methyl sites for hydroxylation is 1. The van der Waals surface area contributed by atoms with Crippen LogP contribution in [0.15, 0.2) is 102 Å². The molecule has 0 N–H and O–H groups in total. The number of furan rings is 1. The standard InChI is InChI=1S/C20H18NOSi.C12H10N.Ir/c1-23(2,3)20-11-7-5-9-15(20)17-12-19-16(13-21-17)14-8-4-6-10-18(14)22-19;1-10-7-8-12(13-9-10)11-5-3-2-4-6-11;/h4-8,10-13H,1-3H3;2-5,7-9H,1H3;/q2*-1;/i;1D3;. The maximum Gasteiger partial charge on any atom is 0.135 e. The molecule has 0 fully saturated rings. The number of aromatic nitrogens is 2. The molecule has 6 rings (SSSR count). The van der Waals surface area contributed by atoms with Gasteiger partial charge in [-0.05, 0) is 35.9 Å². The Morgan fingerprint density at radius 2 is 1.54 bits per heavy atom. The number of pyridine rings is 2. The molecule has 0 unspecified atom stereocenters. The van der Waals surface area contributed by atoms with Gasteiger partial charge in [-0.25, -0.2) is 0 Å². The van der Waals surface area contributed by atoms with E-state index in [1.807, 2.05) is 54.7 Å². The van der Waals surface area contributed by atoms with Gasteiger partial charge in [-0.1, -0.05) is 50.0 Å². The van der Waals surface area contributed by atoms with Crippen molar-refractivity contribution in [2.24, 2.45) is 0 Å². The molecule has 3 aromatic heterocycles. The third-order valence-corrected chi connectivity index (χ3v) is 7.96. The van der Waals surface area contributed by atoms with E-state index < -0.39 is 14.9 Å². The molecule has 187 valence electrons. The van der Waals surface area contributed by atoms with Crippen LogP contribution in [0.5, 0.6) is 0 Å². The zero-order valence-electron chi connectivity index (χ0n) is 23.9. The molecule has 0 spiro atoms. The van der Waals surface area contributed by atoms with Crippen molar-refractivity contribution in [1.29, 1.82) is 0 Å². The van der Waals surface area contributed by atoms with Gasteiger partial charge in [0.1, 0.15) is 11.2 Å². The Kier molecular flexibility index (Phi) is 6.99. The first-order valence-corrected chi connectivity index (χ1v) is 15.3. The minimum atomic E-state index is -2.09. The summed E-state index contributed by atoms with van der Waals surface area (Å²) in [4.78, 5) is 8.83. The van der Waals surface area contributed by atoms with E-state index in [1.165, 1.54) is 11.4 Å². The average Bonchev–Trinajstić information content (AvgIpc) is 3.31. The maximum absolute atomic E-state index is 7.23. The van der Waals surface area contributed by atoms with Crippen LogP contribution in [0.1, 0.15) is 9.68 Å². The number of hydrogen-bond donors (Lipinski definition) is 0. The van der Waals surface area contributed by atoms with Crippen LogP contribution in [-0.4, -0.2) is 18.0 Å². The van der Waals surface area contributed by atoms with E-state index in [4.69, 9.17) is 13.5 Å². The van der Waals surface area contributed by atoms with Gasteiger partial charge in [0, 0.05) is 55.5 Å². The molecule has 0 amide bonds. The number of benzene rings is 3. The molecular weight excluding hydrogens is 649 g/mol. The molecule has 1 radical (unpaired) electrons. The zero-order chi connectivity index (χ0) is 27.6. The second kappa shape index (κ2) is 11.3. The molecule has 0 aliphatic carbocycles. The van der Waals surface area contributed by atoms with Gasteiger partial charge in [-0.2, -0.15) is 0 Å². The Morgan fingerprint density at radius 3 is 2.27 bits per heavy atom. The van der Waals surface area contributed by atoms with Crippen LogP contribution in [0.2, 0.25) is 19.6 Å². The average molecular weight is 680 g/mol. The number of hydrogen-bond acceptors (Lipinski definition) is 3. The van der Waals surface area contributed by atoms with Crippen molar-refractivity contribution in [3.8, 4) is 22.5 Å². The largest absolute Gasteiger partial charge is 0.457 e. The molecule has 3 aromatic carbocycles. The molecule has 0 saturated heterocycles. The molecular formula is C32H28IrN2OSi-2. The van der Waals surface area contributed by atoms with E-state index in [1.54, 1.807) is 18.2 Å². The Balaban J connectivity index is 0.000000192. The van der Waals surface area contributed by atoms with Gasteiger partial charge in [0.15, 0.2) is 0 Å². The first-order valence-electron chi connectivity index (χ1n) is 13.3. The number of fused-ring (bicyclic) bond motifs is 3. The summed E-state index contributed by atoms with van der Waals surface area (Å²) in [6.45, 7) is 4.95. The minimum absolute atomic E-state index is 0. The van der Waals surface area contributed by atoms with Gasteiger partial charge in [0.2, 0.25) is 0 Å². The molecule has 0 atom stereocenters. The number of rotatable bonds is 3. The van der Waals surface area contributed by atoms with E-state index in [9.17, 15) is 0 Å². The molecule has 3 nitrogen and oxygen atoms in total. The minimum Gasteiger partial charge on any atom is -0.457 e. The van der Waals surface area contributed by atoms with Gasteiger partial charge in [0.25, 0.3) is 0 Å². The molecule has 0 saturated carbocycles. The van der Waals surface area contributed by atoms with Crippen LogP contribution in [-0.2, 0) is 20.1 Å². The van der Waals surface area contributed by atoms with Gasteiger partial charge in [-0.15, -0.1) is 70.9 Å². The van der Waals surface area contributed by atoms with E-state index in [-0.39, 0.29) is 25.7 Å². The van der Waals surface area contributed by atoms with E-state index >= 15 is 0 Å². The van der Waals surface area contributed by atoms with Crippen LogP contribution in [0, 0.1) is 19.0 Å². The summed E-state index contributed by atoms with van der Waals surface area (Å²) in [5, 5.41) is 3.56. The summed E-state index contributed by atoms with van der Waals surface area (Å²) in [6.07, 6.45) is 3.31. The topological polar surface area (TPSA) is 38.9 Å². The van der Waals surface area contributed by atoms with Crippen LogP contribution >= 0.6 is 0 Å². The molecule has 6 aromatic rings. The molecule has 5 heteroatoms. The Bertz CT molecular complexity index is 1730. The van der Waals surface area contributed by atoms with Gasteiger partial charge in [-0.3, -0.25) is 0 Å². The summed E-state index contributed by atoms with van der Waals surface area (Å²) in [7, 11) is -1.46. The van der Waals surface area contributed by atoms with Crippen molar-refractivity contribution in [3.63, 3.8) is 0 Å². The van der Waals surface area contributed by atoms with Crippen LogP contribution in [0.25, 0.3) is 44.5 Å². The first-order chi connectivity index (χ1) is 18.6. The molecule has 0 bridgehead atoms. The van der Waals surface area contributed by atoms with Crippen molar-refractivity contribution in [3.05, 3.63) is 115 Å². The van der Waals surface area contributed by atoms with Crippen molar-refractivity contribution < 1.29 is 28.6 Å². The summed E-state index contributed by atoms with van der Waals surface area (Å²) in [6, 6.07) is 33.5. The smallest absolute Gasteiger partial charge is 0.135 e. The Morgan fingerprint density at radius 1 is 0.757 bits per heavy atom. The van der Waals surface area contributed by atoms with Crippen molar-refractivity contribution in [2.45, 2.75) is 26.5 Å². The van der Waals surface area contributed by atoms with Crippen molar-refractivity contribution >= 4 is 35.2 Å². The monoisotopic (exact) mass is 680 g/mol. The zero-order valence-corrected chi connectivity index (χ0v) is 24.3. The Hall–Kier alpha value is -3.37.